The molecule has 3 rings (SSSR count). The topological polar surface area (TPSA) is 33.6 Å². The van der Waals surface area contributed by atoms with E-state index in [4.69, 9.17) is 12.2 Å². The molecule has 21 heavy (non-hydrogen) atoms. The van der Waals surface area contributed by atoms with Crippen LogP contribution in [0.2, 0.25) is 0 Å². The highest BCUT2D eigenvalue weighted by Crippen LogP contribution is 2.22. The zero-order chi connectivity index (χ0) is 14.8. The molecule has 0 atom stereocenters. The second-order valence-electron chi connectivity index (χ2n) is 4.89. The Balaban J connectivity index is 2.05. The maximum atomic E-state index is 5.36. The standard InChI is InChI=1S/C16H14BrN3S/c1-11-7-8-14(17)12(9-11)10-15-18-19-16(21)20(15)13-5-3-2-4-6-13/h2-9H,10H2,1H3,(H,19,21). The Morgan fingerprint density at radius 3 is 2.71 bits per heavy atom. The molecule has 0 amide bonds. The Labute approximate surface area is 136 Å². The van der Waals surface area contributed by atoms with Crippen LogP contribution < -0.4 is 0 Å². The van der Waals surface area contributed by atoms with Gasteiger partial charge in [-0.25, -0.2) is 0 Å². The molecular formula is C16H14BrN3S. The van der Waals surface area contributed by atoms with Gasteiger partial charge >= 0.3 is 0 Å². The first-order valence-electron chi connectivity index (χ1n) is 6.62. The van der Waals surface area contributed by atoms with Crippen LogP contribution in [0.1, 0.15) is 17.0 Å². The molecule has 0 aliphatic heterocycles. The number of aromatic nitrogens is 3. The van der Waals surface area contributed by atoms with Gasteiger partial charge in [-0.3, -0.25) is 9.67 Å². The Kier molecular flexibility index (Phi) is 4.03. The molecule has 0 spiro atoms. The Bertz CT molecular complexity index is 821. The largest absolute Gasteiger partial charge is 0.272 e. The van der Waals surface area contributed by atoms with E-state index in [9.17, 15) is 0 Å². The summed E-state index contributed by atoms with van der Waals surface area (Å²) in [5.74, 6) is 0.900. The highest BCUT2D eigenvalue weighted by atomic mass is 79.9. The summed E-state index contributed by atoms with van der Waals surface area (Å²) in [5, 5.41) is 7.27. The molecule has 2 aromatic carbocycles. The fourth-order valence-electron chi connectivity index (χ4n) is 2.30. The number of para-hydroxylation sites is 1. The molecule has 1 heterocycles. The highest BCUT2D eigenvalue weighted by Gasteiger charge is 2.11. The molecule has 3 nitrogen and oxygen atoms in total. The summed E-state index contributed by atoms with van der Waals surface area (Å²) in [4.78, 5) is 0. The molecule has 106 valence electrons. The molecular weight excluding hydrogens is 346 g/mol. The Morgan fingerprint density at radius 2 is 1.95 bits per heavy atom. The van der Waals surface area contributed by atoms with Crippen molar-refractivity contribution in [1.29, 1.82) is 0 Å². The van der Waals surface area contributed by atoms with Gasteiger partial charge in [0.2, 0.25) is 0 Å². The quantitative estimate of drug-likeness (QED) is 0.693. The lowest BCUT2D eigenvalue weighted by Crippen LogP contribution is -2.03. The average molecular weight is 360 g/mol. The van der Waals surface area contributed by atoms with Crippen LogP contribution in [0.4, 0.5) is 0 Å². The minimum atomic E-state index is 0.611. The number of nitrogens with zero attached hydrogens (tertiary/aromatic N) is 2. The zero-order valence-corrected chi connectivity index (χ0v) is 13.9. The van der Waals surface area contributed by atoms with E-state index in [0.29, 0.717) is 11.2 Å². The van der Waals surface area contributed by atoms with Gasteiger partial charge in [0, 0.05) is 16.6 Å². The lowest BCUT2D eigenvalue weighted by atomic mass is 10.1. The zero-order valence-electron chi connectivity index (χ0n) is 11.5. The van der Waals surface area contributed by atoms with Crippen LogP contribution in [-0.2, 0) is 6.42 Å². The van der Waals surface area contributed by atoms with Crippen molar-refractivity contribution >= 4 is 28.1 Å². The third-order valence-electron chi connectivity index (χ3n) is 3.31. The first-order chi connectivity index (χ1) is 10.1. The number of nitrogens with one attached hydrogen (secondary N) is 1. The first-order valence-corrected chi connectivity index (χ1v) is 7.82. The number of H-pyrrole nitrogens is 1. The van der Waals surface area contributed by atoms with E-state index < -0.39 is 0 Å². The molecule has 1 aromatic heterocycles. The molecule has 0 aliphatic rings. The smallest absolute Gasteiger partial charge is 0.199 e. The monoisotopic (exact) mass is 359 g/mol. The second kappa shape index (κ2) is 5.95. The van der Waals surface area contributed by atoms with E-state index in [1.165, 1.54) is 11.1 Å². The highest BCUT2D eigenvalue weighted by molar-refractivity contribution is 9.10. The van der Waals surface area contributed by atoms with Crippen molar-refractivity contribution in [3.05, 3.63) is 74.7 Å². The van der Waals surface area contributed by atoms with E-state index in [-0.39, 0.29) is 0 Å². The lowest BCUT2D eigenvalue weighted by Gasteiger charge is -2.08. The summed E-state index contributed by atoms with van der Waals surface area (Å²) in [6.07, 6.45) is 0.713. The molecule has 3 aromatic rings. The molecule has 5 heteroatoms. The van der Waals surface area contributed by atoms with Crippen molar-refractivity contribution in [2.24, 2.45) is 0 Å². The summed E-state index contributed by atoms with van der Waals surface area (Å²) in [7, 11) is 0. The molecule has 0 radical (unpaired) electrons. The molecule has 0 bridgehead atoms. The Hall–Kier alpha value is -1.72. The van der Waals surface area contributed by atoms with Crippen LogP contribution in [0.5, 0.6) is 0 Å². The molecule has 0 saturated heterocycles. The summed E-state index contributed by atoms with van der Waals surface area (Å²) in [6, 6.07) is 16.4. The molecule has 0 unspecified atom stereocenters. The molecule has 1 N–H and O–H groups in total. The number of halogens is 1. The normalized spacial score (nSPS) is 10.8. The summed E-state index contributed by atoms with van der Waals surface area (Å²) < 4.78 is 3.67. The number of aromatic amines is 1. The van der Waals surface area contributed by atoms with E-state index in [1.807, 2.05) is 34.9 Å². The van der Waals surface area contributed by atoms with Crippen molar-refractivity contribution in [3.8, 4) is 5.69 Å². The predicted octanol–water partition coefficient (Wildman–Crippen LogP) is 4.59. The van der Waals surface area contributed by atoms with Crippen LogP contribution >= 0.6 is 28.1 Å². The summed E-state index contributed by atoms with van der Waals surface area (Å²) in [6.45, 7) is 2.09. The Morgan fingerprint density at radius 1 is 1.19 bits per heavy atom. The van der Waals surface area contributed by atoms with E-state index in [2.05, 4.69) is 51.3 Å². The van der Waals surface area contributed by atoms with Gasteiger partial charge in [0.25, 0.3) is 0 Å². The summed E-state index contributed by atoms with van der Waals surface area (Å²) >= 11 is 8.97. The van der Waals surface area contributed by atoms with Gasteiger partial charge in [-0.1, -0.05) is 51.8 Å². The SMILES string of the molecule is Cc1ccc(Br)c(Cc2n[nH]c(=S)n2-c2ccccc2)c1. The maximum absolute atomic E-state index is 5.36. The number of aryl methyl sites for hydroxylation is 1. The van der Waals surface area contributed by atoms with Crippen LogP contribution in [0.25, 0.3) is 5.69 Å². The fraction of sp³-hybridized carbons (Fsp3) is 0.125. The van der Waals surface area contributed by atoms with Crippen LogP contribution in [-0.4, -0.2) is 14.8 Å². The van der Waals surface area contributed by atoms with Crippen molar-refractivity contribution < 1.29 is 0 Å². The van der Waals surface area contributed by atoms with E-state index in [1.54, 1.807) is 0 Å². The lowest BCUT2D eigenvalue weighted by molar-refractivity contribution is 0.899. The van der Waals surface area contributed by atoms with Gasteiger partial charge in [0.15, 0.2) is 4.77 Å². The minimum absolute atomic E-state index is 0.611. The third kappa shape index (κ3) is 2.99. The van der Waals surface area contributed by atoms with Crippen molar-refractivity contribution in [3.63, 3.8) is 0 Å². The molecule has 0 saturated carbocycles. The molecule has 0 fully saturated rings. The van der Waals surface area contributed by atoms with Crippen molar-refractivity contribution in [2.75, 3.05) is 0 Å². The maximum Gasteiger partial charge on any atom is 0.199 e. The number of rotatable bonds is 3. The predicted molar refractivity (Wildman–Crippen MR) is 90.4 cm³/mol. The van der Waals surface area contributed by atoms with Crippen molar-refractivity contribution in [2.45, 2.75) is 13.3 Å². The fourth-order valence-corrected chi connectivity index (χ4v) is 2.94. The van der Waals surface area contributed by atoms with Gasteiger partial charge in [-0.05, 0) is 42.9 Å². The summed E-state index contributed by atoms with van der Waals surface area (Å²) in [5.41, 5.74) is 3.45. The van der Waals surface area contributed by atoms with Crippen LogP contribution in [0.3, 0.4) is 0 Å². The van der Waals surface area contributed by atoms with Crippen LogP contribution in [0, 0.1) is 11.7 Å². The van der Waals surface area contributed by atoms with Crippen LogP contribution in [0.15, 0.2) is 53.0 Å². The van der Waals surface area contributed by atoms with Gasteiger partial charge in [0.05, 0.1) is 0 Å². The first kappa shape index (κ1) is 14.2. The van der Waals surface area contributed by atoms with Gasteiger partial charge < -0.3 is 0 Å². The average Bonchev–Trinajstić information content (AvgIpc) is 2.85. The van der Waals surface area contributed by atoms with Gasteiger partial charge in [-0.2, -0.15) is 5.10 Å². The minimum Gasteiger partial charge on any atom is -0.272 e. The number of hydrogen-bond donors (Lipinski definition) is 1. The van der Waals surface area contributed by atoms with E-state index >= 15 is 0 Å². The number of benzene rings is 2. The van der Waals surface area contributed by atoms with Gasteiger partial charge in [-0.15, -0.1) is 0 Å². The molecule has 0 aliphatic carbocycles. The third-order valence-corrected chi connectivity index (χ3v) is 4.35. The van der Waals surface area contributed by atoms with E-state index in [0.717, 1.165) is 16.0 Å². The van der Waals surface area contributed by atoms with Gasteiger partial charge in [0.1, 0.15) is 5.82 Å². The second-order valence-corrected chi connectivity index (χ2v) is 6.13. The number of hydrogen-bond acceptors (Lipinski definition) is 2. The van der Waals surface area contributed by atoms with Crippen molar-refractivity contribution in [1.82, 2.24) is 14.8 Å².